The van der Waals surface area contributed by atoms with Gasteiger partial charge >= 0.3 is 6.18 Å². The lowest BCUT2D eigenvalue weighted by Gasteiger charge is -2.32. The smallest absolute Gasteiger partial charge is 0.416 e. The standard InChI is InChI=1S/C35H31BrF3N5O4/c36-27-14-10-23(11-15-27)20-34(33(46)41-21-26-7-2-4-9-30(26)35(37,38)39)31(29-8-3-1-6-25(29)22-42-44-40)48-32(43-34)24-12-16-28(17-13-24)47-19-5-18-45/h1-4,6-17,31,45H,5,18-22H2,(H,41,46)/t31-,34-/m1/s1. The van der Waals surface area contributed by atoms with Gasteiger partial charge in [-0.25, -0.2) is 4.99 Å². The molecular formula is C35H31BrF3N5O4. The topological polar surface area (TPSA) is 129 Å². The largest absolute Gasteiger partial charge is 0.494 e. The van der Waals surface area contributed by atoms with Gasteiger partial charge in [0.2, 0.25) is 5.90 Å². The van der Waals surface area contributed by atoms with E-state index in [0.29, 0.717) is 35.5 Å². The highest BCUT2D eigenvalue weighted by Gasteiger charge is 2.53. The van der Waals surface area contributed by atoms with Gasteiger partial charge < -0.3 is 19.9 Å². The Bertz CT molecular complexity index is 1810. The Morgan fingerprint density at radius 1 is 1.02 bits per heavy atom. The van der Waals surface area contributed by atoms with Crippen LogP contribution in [0.15, 0.2) is 112 Å². The molecule has 248 valence electrons. The Kier molecular flexibility index (Phi) is 11.0. The van der Waals surface area contributed by atoms with Crippen molar-refractivity contribution in [1.82, 2.24) is 5.32 Å². The predicted molar refractivity (Wildman–Crippen MR) is 177 cm³/mol. The normalized spacial score (nSPS) is 17.2. The number of nitrogens with zero attached hydrogens (tertiary/aromatic N) is 4. The zero-order valence-electron chi connectivity index (χ0n) is 25.5. The Hall–Kier alpha value is -4.84. The van der Waals surface area contributed by atoms with Gasteiger partial charge in [-0.1, -0.05) is 75.6 Å². The zero-order chi connectivity index (χ0) is 34.1. The third kappa shape index (κ3) is 7.99. The van der Waals surface area contributed by atoms with Crippen molar-refractivity contribution in [1.29, 1.82) is 0 Å². The second kappa shape index (κ2) is 15.4. The highest BCUT2D eigenvalue weighted by atomic mass is 79.9. The maximum atomic E-state index is 14.5. The van der Waals surface area contributed by atoms with E-state index in [9.17, 15) is 18.0 Å². The van der Waals surface area contributed by atoms with E-state index in [4.69, 9.17) is 25.1 Å². The molecule has 1 aliphatic heterocycles. The molecule has 13 heteroatoms. The summed E-state index contributed by atoms with van der Waals surface area (Å²) < 4.78 is 54.5. The van der Waals surface area contributed by atoms with E-state index in [1.807, 2.05) is 24.3 Å². The molecule has 4 aromatic rings. The van der Waals surface area contributed by atoms with Crippen molar-refractivity contribution in [3.05, 3.63) is 145 Å². The fourth-order valence-corrected chi connectivity index (χ4v) is 5.76. The van der Waals surface area contributed by atoms with Crippen molar-refractivity contribution in [2.45, 2.75) is 43.8 Å². The second-order valence-corrected chi connectivity index (χ2v) is 11.9. The molecular weight excluding hydrogens is 691 g/mol. The van der Waals surface area contributed by atoms with Crippen LogP contribution < -0.4 is 10.1 Å². The predicted octanol–water partition coefficient (Wildman–Crippen LogP) is 7.86. The SMILES string of the molecule is [N-]=[N+]=NCc1ccccc1[C@H]1OC(c2ccc(OCCCO)cc2)=N[C@@]1(Cc1ccc(Br)cc1)C(=O)NCc1ccccc1C(F)(F)F. The molecule has 2 N–H and O–H groups in total. The molecule has 0 saturated carbocycles. The summed E-state index contributed by atoms with van der Waals surface area (Å²) >= 11 is 3.44. The van der Waals surface area contributed by atoms with Crippen LogP contribution in [0.25, 0.3) is 10.4 Å². The summed E-state index contributed by atoms with van der Waals surface area (Å²) in [6.07, 6.45) is -5.18. The molecule has 2 atom stereocenters. The number of nitrogens with one attached hydrogen (secondary N) is 1. The average Bonchev–Trinajstić information content (AvgIpc) is 3.47. The fourth-order valence-electron chi connectivity index (χ4n) is 5.49. The molecule has 9 nitrogen and oxygen atoms in total. The molecule has 1 amide bonds. The molecule has 0 aliphatic carbocycles. The number of carbonyl (C=O) groups is 1. The van der Waals surface area contributed by atoms with E-state index < -0.39 is 35.8 Å². The first-order valence-electron chi connectivity index (χ1n) is 15.0. The molecule has 0 aromatic heterocycles. The third-order valence-corrected chi connectivity index (χ3v) is 8.35. The molecule has 1 aliphatic rings. The van der Waals surface area contributed by atoms with E-state index in [2.05, 4.69) is 31.3 Å². The summed E-state index contributed by atoms with van der Waals surface area (Å²) in [6.45, 7) is -0.119. The van der Waals surface area contributed by atoms with Crippen LogP contribution in [0.1, 0.15) is 45.9 Å². The molecule has 0 unspecified atom stereocenters. The van der Waals surface area contributed by atoms with Crippen LogP contribution in [-0.4, -0.2) is 35.7 Å². The monoisotopic (exact) mass is 721 g/mol. The number of aliphatic imine (C=N–C) groups is 1. The Balaban J connectivity index is 1.61. The lowest BCUT2D eigenvalue weighted by atomic mass is 9.80. The maximum absolute atomic E-state index is 14.5. The van der Waals surface area contributed by atoms with Crippen molar-refractivity contribution in [2.24, 2.45) is 10.1 Å². The lowest BCUT2D eigenvalue weighted by molar-refractivity contribution is -0.138. The molecule has 48 heavy (non-hydrogen) atoms. The second-order valence-electron chi connectivity index (χ2n) is 11.0. The number of hydrogen-bond donors (Lipinski definition) is 2. The van der Waals surface area contributed by atoms with Crippen molar-refractivity contribution in [3.8, 4) is 5.75 Å². The Labute approximate surface area is 283 Å². The quantitative estimate of drug-likeness (QED) is 0.0630. The van der Waals surface area contributed by atoms with Crippen molar-refractivity contribution in [2.75, 3.05) is 13.2 Å². The average molecular weight is 723 g/mol. The molecule has 0 fully saturated rings. The van der Waals surface area contributed by atoms with E-state index in [1.165, 1.54) is 18.2 Å². The van der Waals surface area contributed by atoms with Crippen molar-refractivity contribution >= 4 is 27.7 Å². The number of ether oxygens (including phenoxy) is 2. The van der Waals surface area contributed by atoms with Crippen molar-refractivity contribution in [3.63, 3.8) is 0 Å². The van der Waals surface area contributed by atoms with Crippen LogP contribution >= 0.6 is 15.9 Å². The molecule has 0 radical (unpaired) electrons. The van der Waals surface area contributed by atoms with Gasteiger partial charge in [-0.3, -0.25) is 4.79 Å². The van der Waals surface area contributed by atoms with E-state index in [1.54, 1.807) is 48.5 Å². The van der Waals surface area contributed by atoms with Gasteiger partial charge in [-0.15, -0.1) is 0 Å². The summed E-state index contributed by atoms with van der Waals surface area (Å²) in [7, 11) is 0. The number of halogens is 4. The van der Waals surface area contributed by atoms with Gasteiger partial charge in [-0.2, -0.15) is 13.2 Å². The summed E-state index contributed by atoms with van der Waals surface area (Å²) in [5.74, 6) is 0.0534. The molecule has 4 aromatic carbocycles. The van der Waals surface area contributed by atoms with E-state index in [0.717, 1.165) is 16.1 Å². The van der Waals surface area contributed by atoms with E-state index in [-0.39, 0.29) is 31.0 Å². The zero-order valence-corrected chi connectivity index (χ0v) is 27.1. The van der Waals surface area contributed by atoms with Crippen LogP contribution in [0.4, 0.5) is 13.2 Å². The fraction of sp³-hybridized carbons (Fsp3) is 0.257. The minimum atomic E-state index is -4.62. The van der Waals surface area contributed by atoms with Crippen LogP contribution in [0.2, 0.25) is 0 Å². The summed E-state index contributed by atoms with van der Waals surface area (Å²) in [6, 6.07) is 26.3. The summed E-state index contributed by atoms with van der Waals surface area (Å²) in [5.41, 5.74) is 8.82. The molecule has 1 heterocycles. The van der Waals surface area contributed by atoms with Gasteiger partial charge in [0.05, 0.1) is 18.7 Å². The Morgan fingerprint density at radius 2 is 1.71 bits per heavy atom. The first-order chi connectivity index (χ1) is 23.1. The number of benzene rings is 4. The minimum Gasteiger partial charge on any atom is -0.494 e. The van der Waals surface area contributed by atoms with E-state index >= 15 is 0 Å². The molecule has 0 spiro atoms. The van der Waals surface area contributed by atoms with Gasteiger partial charge in [0.25, 0.3) is 5.91 Å². The molecule has 0 saturated heterocycles. The molecule has 5 rings (SSSR count). The summed E-state index contributed by atoms with van der Waals surface area (Å²) in [4.78, 5) is 22.4. The number of azide groups is 1. The van der Waals surface area contributed by atoms with Gasteiger partial charge in [0, 0.05) is 40.9 Å². The highest BCUT2D eigenvalue weighted by molar-refractivity contribution is 9.10. The van der Waals surface area contributed by atoms with Gasteiger partial charge in [0.1, 0.15) is 5.75 Å². The van der Waals surface area contributed by atoms with Gasteiger partial charge in [-0.05, 0) is 70.2 Å². The first kappa shape index (κ1) is 34.5. The number of aliphatic hydroxyl groups is 1. The van der Waals surface area contributed by atoms with Crippen LogP contribution in [-0.2, 0) is 35.2 Å². The number of alkyl halides is 3. The third-order valence-electron chi connectivity index (χ3n) is 7.82. The lowest BCUT2D eigenvalue weighted by Crippen LogP contribution is -2.50. The maximum Gasteiger partial charge on any atom is 0.416 e. The highest BCUT2D eigenvalue weighted by Crippen LogP contribution is 2.44. The number of carbonyl (C=O) groups excluding carboxylic acids is 1. The minimum absolute atomic E-state index is 0.00439. The first-order valence-corrected chi connectivity index (χ1v) is 15.8. The number of rotatable bonds is 13. The van der Waals surface area contributed by atoms with Crippen LogP contribution in [0.3, 0.4) is 0 Å². The van der Waals surface area contributed by atoms with Crippen molar-refractivity contribution < 1.29 is 32.5 Å². The Morgan fingerprint density at radius 3 is 2.40 bits per heavy atom. The van der Waals surface area contributed by atoms with Crippen LogP contribution in [0.5, 0.6) is 5.75 Å². The van der Waals surface area contributed by atoms with Gasteiger partial charge in [0.15, 0.2) is 11.6 Å². The number of hydrogen-bond acceptors (Lipinski definition) is 6. The number of amides is 1. The summed E-state index contributed by atoms with van der Waals surface area (Å²) in [5, 5.41) is 15.5. The van der Waals surface area contributed by atoms with Crippen LogP contribution in [0, 0.1) is 0 Å². The number of aliphatic hydroxyl groups excluding tert-OH is 1. The molecule has 0 bridgehead atoms.